The van der Waals surface area contributed by atoms with Crippen molar-refractivity contribution in [2.75, 3.05) is 5.73 Å². The van der Waals surface area contributed by atoms with E-state index in [9.17, 15) is 0 Å². The first-order chi connectivity index (χ1) is 6.99. The number of rotatable bonds is 1. The summed E-state index contributed by atoms with van der Waals surface area (Å²) in [6.07, 6.45) is 0. The molecule has 1 aromatic rings. The monoisotopic (exact) mass is 203 g/mol. The Morgan fingerprint density at radius 2 is 2.13 bits per heavy atom. The molecular weight excluding hydrogens is 189 g/mol. The molecule has 1 heterocycles. The Balaban J connectivity index is 2.25. The largest absolute Gasteiger partial charge is 0.563 e. The Labute approximate surface area is 90.0 Å². The summed E-state index contributed by atoms with van der Waals surface area (Å²) < 4.78 is 11.3. The highest BCUT2D eigenvalue weighted by Crippen LogP contribution is 2.29. The molecular formula is C11H14BNO2. The van der Waals surface area contributed by atoms with Crippen LogP contribution in [-0.2, 0) is 9.31 Å². The first-order valence-electron chi connectivity index (χ1n) is 4.88. The molecule has 0 amide bonds. The second-order valence-corrected chi connectivity index (χ2v) is 4.17. The highest BCUT2D eigenvalue weighted by molar-refractivity contribution is 6.62. The summed E-state index contributed by atoms with van der Waals surface area (Å²) in [5.41, 5.74) is 6.88. The molecule has 1 aromatic carbocycles. The highest BCUT2D eigenvalue weighted by atomic mass is 16.7. The summed E-state index contributed by atoms with van der Waals surface area (Å²) in [7, 11) is -0.393. The topological polar surface area (TPSA) is 44.5 Å². The van der Waals surface area contributed by atoms with Crippen molar-refractivity contribution >= 4 is 18.3 Å². The van der Waals surface area contributed by atoms with Crippen molar-refractivity contribution in [1.29, 1.82) is 0 Å². The molecule has 1 fully saturated rings. The van der Waals surface area contributed by atoms with Gasteiger partial charge in [0.2, 0.25) is 0 Å². The van der Waals surface area contributed by atoms with E-state index in [0.29, 0.717) is 11.4 Å². The lowest BCUT2D eigenvalue weighted by molar-refractivity contribution is 0.173. The summed E-state index contributed by atoms with van der Waals surface area (Å²) >= 11 is 0. The molecule has 1 aliphatic heterocycles. The van der Waals surface area contributed by atoms with Crippen LogP contribution in [0.15, 0.2) is 36.6 Å². The molecule has 0 unspecified atom stereocenters. The second-order valence-electron chi connectivity index (χ2n) is 4.17. The quantitative estimate of drug-likeness (QED) is 0.552. The minimum absolute atomic E-state index is 0.393. The predicted octanol–water partition coefficient (Wildman–Crippen LogP) is 1.30. The van der Waals surface area contributed by atoms with Gasteiger partial charge in [-0.05, 0) is 31.4 Å². The van der Waals surface area contributed by atoms with Crippen molar-refractivity contribution in [3.8, 4) is 0 Å². The molecule has 2 rings (SSSR count). The summed E-state index contributed by atoms with van der Waals surface area (Å²) in [6, 6.07) is 7.49. The van der Waals surface area contributed by atoms with Crippen LogP contribution in [-0.4, -0.2) is 12.7 Å². The molecule has 0 aromatic heterocycles. The average Bonchev–Trinajstić information content (AvgIpc) is 2.42. The molecule has 3 nitrogen and oxygen atoms in total. The van der Waals surface area contributed by atoms with Gasteiger partial charge in [-0.3, -0.25) is 0 Å². The highest BCUT2D eigenvalue weighted by Gasteiger charge is 2.42. The molecule has 0 spiro atoms. The maximum Gasteiger partial charge on any atom is 0.563 e. The fraction of sp³-hybridized carbons (Fsp3) is 0.273. The Morgan fingerprint density at radius 3 is 2.67 bits per heavy atom. The zero-order chi connectivity index (χ0) is 11.1. The van der Waals surface area contributed by atoms with E-state index in [1.807, 2.05) is 38.1 Å². The Morgan fingerprint density at radius 1 is 1.40 bits per heavy atom. The van der Waals surface area contributed by atoms with Gasteiger partial charge >= 0.3 is 7.12 Å². The summed E-state index contributed by atoms with van der Waals surface area (Å²) in [5, 5.41) is 0. The van der Waals surface area contributed by atoms with E-state index in [0.717, 1.165) is 5.46 Å². The smallest absolute Gasteiger partial charge is 0.534 e. The van der Waals surface area contributed by atoms with E-state index in [4.69, 9.17) is 15.0 Å². The van der Waals surface area contributed by atoms with Gasteiger partial charge in [-0.15, -0.1) is 0 Å². The van der Waals surface area contributed by atoms with Crippen LogP contribution in [0, 0.1) is 0 Å². The Kier molecular flexibility index (Phi) is 2.23. The third-order valence-corrected chi connectivity index (χ3v) is 2.51. The molecule has 0 saturated carbocycles. The minimum Gasteiger partial charge on any atom is -0.534 e. The zero-order valence-electron chi connectivity index (χ0n) is 8.99. The first kappa shape index (κ1) is 10.1. The van der Waals surface area contributed by atoms with Gasteiger partial charge in [0.05, 0.1) is 5.76 Å². The lowest BCUT2D eigenvalue weighted by atomic mass is 9.79. The molecule has 1 aliphatic rings. The van der Waals surface area contributed by atoms with Crippen molar-refractivity contribution in [2.24, 2.45) is 0 Å². The van der Waals surface area contributed by atoms with Crippen molar-refractivity contribution in [2.45, 2.75) is 19.4 Å². The molecule has 2 N–H and O–H groups in total. The summed E-state index contributed by atoms with van der Waals surface area (Å²) in [6.45, 7) is 7.69. The van der Waals surface area contributed by atoms with E-state index in [1.165, 1.54) is 0 Å². The van der Waals surface area contributed by atoms with Crippen LogP contribution < -0.4 is 11.2 Å². The van der Waals surface area contributed by atoms with Gasteiger partial charge in [-0.25, -0.2) is 0 Å². The number of hydrogen-bond acceptors (Lipinski definition) is 3. The Hall–Kier alpha value is -1.42. The van der Waals surface area contributed by atoms with E-state index >= 15 is 0 Å². The fourth-order valence-electron chi connectivity index (χ4n) is 1.47. The fourth-order valence-corrected chi connectivity index (χ4v) is 1.47. The summed E-state index contributed by atoms with van der Waals surface area (Å²) in [4.78, 5) is 0. The maximum atomic E-state index is 5.72. The average molecular weight is 203 g/mol. The molecule has 4 heteroatoms. The van der Waals surface area contributed by atoms with E-state index < -0.39 is 12.7 Å². The van der Waals surface area contributed by atoms with Crippen LogP contribution in [0.25, 0.3) is 0 Å². The molecule has 78 valence electrons. The normalized spacial score (nSPS) is 19.1. The number of nitrogens with two attached hydrogens (primary N) is 1. The SMILES string of the molecule is C=C1OB(c2cccc(N)c2)OC1(C)C. The lowest BCUT2D eigenvalue weighted by Gasteiger charge is -2.15. The van der Waals surface area contributed by atoms with E-state index in [-0.39, 0.29) is 0 Å². The van der Waals surface area contributed by atoms with Gasteiger partial charge in [-0.1, -0.05) is 18.7 Å². The standard InChI is InChI=1S/C11H14BNO2/c1-8-11(2,3)15-12(14-8)9-5-4-6-10(13)7-9/h4-7H,1,13H2,2-3H3. The lowest BCUT2D eigenvalue weighted by Crippen LogP contribution is -2.34. The third-order valence-electron chi connectivity index (χ3n) is 2.51. The number of nitrogen functional groups attached to an aromatic ring is 1. The minimum atomic E-state index is -0.435. The van der Waals surface area contributed by atoms with Gasteiger partial charge in [-0.2, -0.15) is 0 Å². The molecule has 0 bridgehead atoms. The van der Waals surface area contributed by atoms with Crippen LogP contribution in [0.5, 0.6) is 0 Å². The van der Waals surface area contributed by atoms with Crippen LogP contribution in [0.2, 0.25) is 0 Å². The molecule has 0 radical (unpaired) electrons. The number of hydrogen-bond donors (Lipinski definition) is 1. The zero-order valence-corrected chi connectivity index (χ0v) is 8.99. The van der Waals surface area contributed by atoms with Gasteiger partial charge in [0, 0.05) is 5.69 Å². The van der Waals surface area contributed by atoms with Crippen molar-refractivity contribution in [1.82, 2.24) is 0 Å². The van der Waals surface area contributed by atoms with Crippen LogP contribution in [0.1, 0.15) is 13.8 Å². The maximum absolute atomic E-state index is 5.72. The second kappa shape index (κ2) is 3.31. The molecule has 15 heavy (non-hydrogen) atoms. The summed E-state index contributed by atoms with van der Waals surface area (Å²) in [5.74, 6) is 0.648. The van der Waals surface area contributed by atoms with Crippen molar-refractivity contribution in [3.63, 3.8) is 0 Å². The van der Waals surface area contributed by atoms with Crippen molar-refractivity contribution < 1.29 is 9.31 Å². The first-order valence-corrected chi connectivity index (χ1v) is 4.88. The molecule has 1 saturated heterocycles. The van der Waals surface area contributed by atoms with Gasteiger partial charge in [0.15, 0.2) is 0 Å². The molecule has 0 atom stereocenters. The predicted molar refractivity (Wildman–Crippen MR) is 61.6 cm³/mol. The van der Waals surface area contributed by atoms with Crippen LogP contribution >= 0.6 is 0 Å². The number of benzene rings is 1. The van der Waals surface area contributed by atoms with Gasteiger partial charge in [0.25, 0.3) is 0 Å². The van der Waals surface area contributed by atoms with Crippen LogP contribution in [0.4, 0.5) is 5.69 Å². The van der Waals surface area contributed by atoms with Gasteiger partial charge in [0.1, 0.15) is 5.60 Å². The van der Waals surface area contributed by atoms with Gasteiger partial charge < -0.3 is 15.0 Å². The number of anilines is 1. The van der Waals surface area contributed by atoms with E-state index in [2.05, 4.69) is 6.58 Å². The van der Waals surface area contributed by atoms with Crippen molar-refractivity contribution in [3.05, 3.63) is 36.6 Å². The Bertz CT molecular complexity index is 403. The van der Waals surface area contributed by atoms with Crippen LogP contribution in [0.3, 0.4) is 0 Å². The molecule has 0 aliphatic carbocycles. The van der Waals surface area contributed by atoms with E-state index in [1.54, 1.807) is 0 Å². The third kappa shape index (κ3) is 1.85.